The molecule has 3 aromatic rings. The van der Waals surface area contributed by atoms with E-state index in [1.807, 2.05) is 56.3 Å². The molecule has 146 valence electrons. The molecule has 0 radical (unpaired) electrons. The number of hydrogen-bond donors (Lipinski definition) is 1. The van der Waals surface area contributed by atoms with E-state index in [0.29, 0.717) is 23.8 Å². The fourth-order valence-electron chi connectivity index (χ4n) is 2.80. The van der Waals surface area contributed by atoms with Gasteiger partial charge in [0.05, 0.1) is 25.8 Å². The van der Waals surface area contributed by atoms with Crippen molar-refractivity contribution in [1.29, 1.82) is 0 Å². The third-order valence-electron chi connectivity index (χ3n) is 4.21. The largest absolute Gasteiger partial charge is 0.493 e. The van der Waals surface area contributed by atoms with E-state index in [9.17, 15) is 9.90 Å². The highest BCUT2D eigenvalue weighted by Gasteiger charge is 2.18. The molecule has 28 heavy (non-hydrogen) atoms. The van der Waals surface area contributed by atoms with Crippen LogP contribution in [-0.4, -0.2) is 29.8 Å². The van der Waals surface area contributed by atoms with Crippen molar-refractivity contribution in [2.75, 3.05) is 13.7 Å². The van der Waals surface area contributed by atoms with Crippen LogP contribution in [0, 0.1) is 6.92 Å². The molecular weight excluding hydrogens is 374 g/mol. The zero-order valence-electron chi connectivity index (χ0n) is 16.2. The van der Waals surface area contributed by atoms with Gasteiger partial charge < -0.3 is 14.6 Å². The first kappa shape index (κ1) is 19.9. The Morgan fingerprint density at radius 3 is 2.46 bits per heavy atom. The minimum atomic E-state index is -0.870. The van der Waals surface area contributed by atoms with E-state index in [1.165, 1.54) is 11.3 Å². The van der Waals surface area contributed by atoms with Gasteiger partial charge in [0.2, 0.25) is 0 Å². The number of aryl methyl sites for hydroxylation is 1. The minimum absolute atomic E-state index is 0.0593. The molecule has 0 saturated heterocycles. The van der Waals surface area contributed by atoms with Gasteiger partial charge in [-0.1, -0.05) is 36.8 Å². The molecule has 1 aromatic heterocycles. The topological polar surface area (TPSA) is 68.7 Å². The number of carbonyl (C=O) groups is 1. The first-order valence-electron chi connectivity index (χ1n) is 9.11. The highest BCUT2D eigenvalue weighted by molar-refractivity contribution is 7.15. The molecular formula is C22H23NO4S. The van der Waals surface area contributed by atoms with Crippen molar-refractivity contribution in [1.82, 2.24) is 4.98 Å². The number of carboxylic acids is 1. The van der Waals surface area contributed by atoms with E-state index >= 15 is 0 Å². The van der Waals surface area contributed by atoms with Gasteiger partial charge in [-0.25, -0.2) is 4.98 Å². The minimum Gasteiger partial charge on any atom is -0.493 e. The smallest absolute Gasteiger partial charge is 0.308 e. The molecule has 0 bridgehead atoms. The van der Waals surface area contributed by atoms with Gasteiger partial charge in [-0.15, -0.1) is 11.3 Å². The molecule has 1 N–H and O–H groups in total. The molecule has 0 saturated carbocycles. The second-order valence-electron chi connectivity index (χ2n) is 6.44. The molecule has 3 rings (SSSR count). The third kappa shape index (κ3) is 4.51. The van der Waals surface area contributed by atoms with Crippen LogP contribution in [0.3, 0.4) is 0 Å². The first-order valence-corrected chi connectivity index (χ1v) is 9.93. The predicted octanol–water partition coefficient (Wildman–Crippen LogP) is 5.21. The molecule has 0 aliphatic carbocycles. The van der Waals surface area contributed by atoms with E-state index in [0.717, 1.165) is 33.0 Å². The summed E-state index contributed by atoms with van der Waals surface area (Å²) in [5, 5.41) is 10.1. The Morgan fingerprint density at radius 1 is 1.11 bits per heavy atom. The van der Waals surface area contributed by atoms with E-state index in [1.54, 1.807) is 7.11 Å². The van der Waals surface area contributed by atoms with Crippen molar-refractivity contribution >= 4 is 17.3 Å². The predicted molar refractivity (Wildman–Crippen MR) is 111 cm³/mol. The average molecular weight is 397 g/mol. The highest BCUT2D eigenvalue weighted by atomic mass is 32.1. The maximum absolute atomic E-state index is 11.4. The number of benzene rings is 2. The summed E-state index contributed by atoms with van der Waals surface area (Å²) in [7, 11) is 1.61. The fourth-order valence-corrected chi connectivity index (χ4v) is 3.87. The van der Waals surface area contributed by atoms with E-state index < -0.39 is 5.97 Å². The number of carboxylic acid groups (broad SMARTS) is 1. The van der Waals surface area contributed by atoms with Gasteiger partial charge in [-0.3, -0.25) is 4.79 Å². The highest BCUT2D eigenvalue weighted by Crippen LogP contribution is 2.38. The van der Waals surface area contributed by atoms with Crippen molar-refractivity contribution in [2.24, 2.45) is 0 Å². The van der Waals surface area contributed by atoms with Crippen LogP contribution in [0.25, 0.3) is 21.8 Å². The Hall–Kier alpha value is -2.86. The van der Waals surface area contributed by atoms with Gasteiger partial charge in [-0.05, 0) is 31.5 Å². The van der Waals surface area contributed by atoms with Crippen molar-refractivity contribution in [3.63, 3.8) is 0 Å². The van der Waals surface area contributed by atoms with Gasteiger partial charge >= 0.3 is 5.97 Å². The zero-order valence-corrected chi connectivity index (χ0v) is 17.0. The molecule has 0 aliphatic heterocycles. The number of hydrogen-bond acceptors (Lipinski definition) is 5. The lowest BCUT2D eigenvalue weighted by atomic mass is 10.1. The quantitative estimate of drug-likeness (QED) is 0.565. The molecule has 5 nitrogen and oxygen atoms in total. The number of thiazole rings is 1. The van der Waals surface area contributed by atoms with Gasteiger partial charge in [-0.2, -0.15) is 0 Å². The Labute approximate surface area is 168 Å². The van der Waals surface area contributed by atoms with Gasteiger partial charge in [0, 0.05) is 16.0 Å². The van der Waals surface area contributed by atoms with Crippen LogP contribution < -0.4 is 9.47 Å². The summed E-state index contributed by atoms with van der Waals surface area (Å²) in [5.74, 6) is 0.456. The number of ether oxygens (including phenoxy) is 2. The molecule has 0 amide bonds. The average Bonchev–Trinajstić information content (AvgIpc) is 3.09. The summed E-state index contributed by atoms with van der Waals surface area (Å²) in [4.78, 5) is 16.9. The van der Waals surface area contributed by atoms with Crippen LogP contribution in [-0.2, 0) is 11.2 Å². The lowest BCUT2D eigenvalue weighted by molar-refractivity contribution is -0.136. The second kappa shape index (κ2) is 8.89. The maximum Gasteiger partial charge on any atom is 0.308 e. The monoisotopic (exact) mass is 397 g/mol. The lowest BCUT2D eigenvalue weighted by Gasteiger charge is -2.11. The van der Waals surface area contributed by atoms with Crippen molar-refractivity contribution in [2.45, 2.75) is 26.7 Å². The van der Waals surface area contributed by atoms with Crippen LogP contribution in [0.2, 0.25) is 0 Å². The molecule has 6 heteroatoms. The Kier molecular flexibility index (Phi) is 6.31. The van der Waals surface area contributed by atoms with Gasteiger partial charge in [0.15, 0.2) is 11.5 Å². The SMILES string of the molecule is CCCOc1cc(-c2nc(-c3ccc(C)cc3)c(CC(=O)O)s2)ccc1OC. The number of rotatable bonds is 8. The summed E-state index contributed by atoms with van der Waals surface area (Å²) >= 11 is 1.40. The van der Waals surface area contributed by atoms with Crippen LogP contribution >= 0.6 is 11.3 Å². The van der Waals surface area contributed by atoms with E-state index in [-0.39, 0.29) is 6.42 Å². The fraction of sp³-hybridized carbons (Fsp3) is 0.273. The number of aromatic nitrogens is 1. The summed E-state index contributed by atoms with van der Waals surface area (Å²) in [6.45, 7) is 4.66. The zero-order chi connectivity index (χ0) is 20.1. The molecule has 2 aromatic carbocycles. The molecule has 0 spiro atoms. The normalized spacial score (nSPS) is 10.7. The van der Waals surface area contributed by atoms with Crippen molar-refractivity contribution in [3.05, 3.63) is 52.9 Å². The summed E-state index contributed by atoms with van der Waals surface area (Å²) in [6.07, 6.45) is 0.835. The Balaban J connectivity index is 2.04. The molecule has 0 aliphatic rings. The molecule has 0 unspecified atom stereocenters. The van der Waals surface area contributed by atoms with Crippen LogP contribution in [0.4, 0.5) is 0 Å². The lowest BCUT2D eigenvalue weighted by Crippen LogP contribution is -1.99. The number of nitrogens with zero attached hydrogens (tertiary/aromatic N) is 1. The standard InChI is InChI=1S/C22H23NO4S/c1-4-11-27-18-12-16(9-10-17(18)26-3)22-23-21(19(28-22)13-20(24)25)15-7-5-14(2)6-8-15/h5-10,12H,4,11,13H2,1-3H3,(H,24,25). The first-order chi connectivity index (χ1) is 13.5. The summed E-state index contributed by atoms with van der Waals surface area (Å²) < 4.78 is 11.2. The van der Waals surface area contributed by atoms with E-state index in [4.69, 9.17) is 14.5 Å². The second-order valence-corrected chi connectivity index (χ2v) is 7.53. The molecule has 0 atom stereocenters. The third-order valence-corrected chi connectivity index (χ3v) is 5.31. The summed E-state index contributed by atoms with van der Waals surface area (Å²) in [6, 6.07) is 13.6. The maximum atomic E-state index is 11.4. The van der Waals surface area contributed by atoms with Crippen molar-refractivity contribution < 1.29 is 19.4 Å². The van der Waals surface area contributed by atoms with Crippen LogP contribution in [0.15, 0.2) is 42.5 Å². The van der Waals surface area contributed by atoms with Crippen molar-refractivity contribution in [3.8, 4) is 33.3 Å². The summed E-state index contributed by atoms with van der Waals surface area (Å²) in [5.41, 5.74) is 3.66. The molecule has 0 fully saturated rings. The molecule has 1 heterocycles. The Morgan fingerprint density at radius 2 is 1.82 bits per heavy atom. The van der Waals surface area contributed by atoms with Gasteiger partial charge in [0.25, 0.3) is 0 Å². The van der Waals surface area contributed by atoms with E-state index in [2.05, 4.69) is 0 Å². The van der Waals surface area contributed by atoms with Crippen LogP contribution in [0.1, 0.15) is 23.8 Å². The number of methoxy groups -OCH3 is 1. The van der Waals surface area contributed by atoms with Gasteiger partial charge in [0.1, 0.15) is 5.01 Å². The number of aliphatic carboxylic acids is 1. The van der Waals surface area contributed by atoms with Crippen LogP contribution in [0.5, 0.6) is 11.5 Å². The Bertz CT molecular complexity index is 963.